The van der Waals surface area contributed by atoms with Crippen LogP contribution in [-0.2, 0) is 6.54 Å². The number of aromatic nitrogens is 1. The maximum Gasteiger partial charge on any atom is 0.166 e. The summed E-state index contributed by atoms with van der Waals surface area (Å²) in [4.78, 5) is 4.03. The molecular weight excluding hydrogens is 262 g/mol. The fraction of sp³-hybridized carbons (Fsp3) is 0.267. The number of hydrogen-bond acceptors (Lipinski definition) is 3. The maximum absolute atomic E-state index is 13.5. The van der Waals surface area contributed by atoms with E-state index >= 15 is 0 Å². The molecule has 0 aliphatic rings. The molecule has 20 heavy (non-hydrogen) atoms. The van der Waals surface area contributed by atoms with Crippen LogP contribution >= 0.6 is 0 Å². The van der Waals surface area contributed by atoms with Crippen LogP contribution in [0.15, 0.2) is 36.7 Å². The third kappa shape index (κ3) is 3.99. The molecule has 2 rings (SSSR count). The number of benzene rings is 1. The van der Waals surface area contributed by atoms with E-state index in [4.69, 9.17) is 4.74 Å². The van der Waals surface area contributed by atoms with E-state index in [9.17, 15) is 8.78 Å². The molecule has 0 aliphatic heterocycles. The second-order valence-corrected chi connectivity index (χ2v) is 4.38. The van der Waals surface area contributed by atoms with Crippen molar-refractivity contribution in [2.24, 2.45) is 0 Å². The van der Waals surface area contributed by atoms with Gasteiger partial charge in [0, 0.05) is 18.8 Å². The molecule has 0 atom stereocenters. The van der Waals surface area contributed by atoms with E-state index in [2.05, 4.69) is 17.2 Å². The van der Waals surface area contributed by atoms with Crippen LogP contribution in [0, 0.1) is 11.6 Å². The number of ether oxygens (including phenoxy) is 1. The van der Waals surface area contributed by atoms with Crippen molar-refractivity contribution in [1.29, 1.82) is 0 Å². The van der Waals surface area contributed by atoms with Crippen LogP contribution in [0.25, 0.3) is 0 Å². The van der Waals surface area contributed by atoms with Gasteiger partial charge in [0.1, 0.15) is 11.6 Å². The highest BCUT2D eigenvalue weighted by Crippen LogP contribution is 2.25. The summed E-state index contributed by atoms with van der Waals surface area (Å²) in [5.74, 6) is -0.924. The van der Waals surface area contributed by atoms with Crippen molar-refractivity contribution in [2.45, 2.75) is 19.9 Å². The fourth-order valence-electron chi connectivity index (χ4n) is 1.71. The normalized spacial score (nSPS) is 10.6. The molecule has 5 heteroatoms. The van der Waals surface area contributed by atoms with Gasteiger partial charge in [-0.25, -0.2) is 8.78 Å². The standard InChI is InChI=1S/C15H16F2N2O/c1-2-5-18-8-11-6-13(10-19-9-11)20-15-7-12(16)3-4-14(15)17/h3-4,6-7,9-10,18H,2,5,8H2,1H3. The van der Waals surface area contributed by atoms with Crippen LogP contribution in [0.2, 0.25) is 0 Å². The molecule has 0 saturated carbocycles. The molecule has 0 unspecified atom stereocenters. The first kappa shape index (κ1) is 14.4. The van der Waals surface area contributed by atoms with Gasteiger partial charge in [-0.05, 0) is 36.7 Å². The Morgan fingerprint density at radius 3 is 2.85 bits per heavy atom. The molecule has 0 fully saturated rings. The van der Waals surface area contributed by atoms with Gasteiger partial charge >= 0.3 is 0 Å². The summed E-state index contributed by atoms with van der Waals surface area (Å²) in [6.07, 6.45) is 4.21. The van der Waals surface area contributed by atoms with Gasteiger partial charge in [0.2, 0.25) is 0 Å². The molecule has 2 aromatic rings. The zero-order valence-corrected chi connectivity index (χ0v) is 11.2. The van der Waals surface area contributed by atoms with Gasteiger partial charge in [0.25, 0.3) is 0 Å². The molecule has 3 nitrogen and oxygen atoms in total. The minimum Gasteiger partial charge on any atom is -0.453 e. The second-order valence-electron chi connectivity index (χ2n) is 4.38. The first-order valence-corrected chi connectivity index (χ1v) is 6.46. The molecule has 1 aromatic carbocycles. The number of halogens is 2. The number of nitrogens with one attached hydrogen (secondary N) is 1. The lowest BCUT2D eigenvalue weighted by molar-refractivity contribution is 0.434. The van der Waals surface area contributed by atoms with Gasteiger partial charge in [0.15, 0.2) is 11.6 Å². The highest BCUT2D eigenvalue weighted by atomic mass is 19.1. The van der Waals surface area contributed by atoms with Crippen LogP contribution in [0.1, 0.15) is 18.9 Å². The molecular formula is C15H16F2N2O. The van der Waals surface area contributed by atoms with E-state index in [0.717, 1.165) is 36.7 Å². The van der Waals surface area contributed by atoms with Crippen LogP contribution < -0.4 is 10.1 Å². The Kier molecular flexibility index (Phi) is 5.01. The summed E-state index contributed by atoms with van der Waals surface area (Å²) in [6, 6.07) is 4.84. The van der Waals surface area contributed by atoms with Gasteiger partial charge < -0.3 is 10.1 Å². The number of pyridine rings is 1. The topological polar surface area (TPSA) is 34.2 Å². The summed E-state index contributed by atoms with van der Waals surface area (Å²) in [7, 11) is 0. The van der Waals surface area contributed by atoms with E-state index in [1.807, 2.05) is 0 Å². The fourth-order valence-corrected chi connectivity index (χ4v) is 1.71. The maximum atomic E-state index is 13.5. The van der Waals surface area contributed by atoms with Crippen LogP contribution in [0.4, 0.5) is 8.78 Å². The summed E-state index contributed by atoms with van der Waals surface area (Å²) in [5.41, 5.74) is 0.924. The molecule has 0 amide bonds. The van der Waals surface area contributed by atoms with E-state index in [-0.39, 0.29) is 5.75 Å². The lowest BCUT2D eigenvalue weighted by atomic mass is 10.2. The van der Waals surface area contributed by atoms with E-state index in [1.54, 1.807) is 12.3 Å². The van der Waals surface area contributed by atoms with Crippen LogP contribution in [0.3, 0.4) is 0 Å². The van der Waals surface area contributed by atoms with Gasteiger partial charge in [-0.3, -0.25) is 4.98 Å². The zero-order valence-electron chi connectivity index (χ0n) is 11.2. The molecule has 106 valence electrons. The molecule has 1 heterocycles. The first-order valence-electron chi connectivity index (χ1n) is 6.46. The average Bonchev–Trinajstić information content (AvgIpc) is 2.44. The Hall–Kier alpha value is -2.01. The Labute approximate surface area is 116 Å². The number of nitrogens with zero attached hydrogens (tertiary/aromatic N) is 1. The van der Waals surface area contributed by atoms with Crippen molar-refractivity contribution in [3.05, 3.63) is 53.9 Å². The Bertz CT molecular complexity index is 576. The van der Waals surface area contributed by atoms with E-state index < -0.39 is 11.6 Å². The highest BCUT2D eigenvalue weighted by molar-refractivity contribution is 5.32. The average molecular weight is 278 g/mol. The smallest absolute Gasteiger partial charge is 0.166 e. The molecule has 0 aliphatic carbocycles. The third-order valence-electron chi connectivity index (χ3n) is 2.65. The van der Waals surface area contributed by atoms with Gasteiger partial charge in [-0.15, -0.1) is 0 Å². The monoisotopic (exact) mass is 278 g/mol. The highest BCUT2D eigenvalue weighted by Gasteiger charge is 2.07. The minimum absolute atomic E-state index is 0.148. The first-order chi connectivity index (χ1) is 9.69. The van der Waals surface area contributed by atoms with Gasteiger partial charge in [-0.2, -0.15) is 0 Å². The van der Waals surface area contributed by atoms with Crippen molar-refractivity contribution in [2.75, 3.05) is 6.54 Å². The molecule has 0 spiro atoms. The third-order valence-corrected chi connectivity index (χ3v) is 2.65. The predicted octanol–water partition coefficient (Wildman–Crippen LogP) is 3.65. The van der Waals surface area contributed by atoms with Crippen molar-refractivity contribution < 1.29 is 13.5 Å². The molecule has 0 saturated heterocycles. The molecule has 1 aromatic heterocycles. The van der Waals surface area contributed by atoms with Gasteiger partial charge in [-0.1, -0.05) is 6.92 Å². The Balaban J connectivity index is 2.09. The van der Waals surface area contributed by atoms with Crippen molar-refractivity contribution in [3.63, 3.8) is 0 Å². The molecule has 0 bridgehead atoms. The minimum atomic E-state index is -0.610. The van der Waals surface area contributed by atoms with Gasteiger partial charge in [0.05, 0.1) is 6.20 Å². The Morgan fingerprint density at radius 2 is 2.05 bits per heavy atom. The quantitative estimate of drug-likeness (QED) is 0.819. The second kappa shape index (κ2) is 6.96. The summed E-state index contributed by atoms with van der Waals surface area (Å²) < 4.78 is 31.9. The lowest BCUT2D eigenvalue weighted by Crippen LogP contribution is -2.13. The summed E-state index contributed by atoms with van der Waals surface area (Å²) in [6.45, 7) is 3.64. The lowest BCUT2D eigenvalue weighted by Gasteiger charge is -2.08. The summed E-state index contributed by atoms with van der Waals surface area (Å²) in [5, 5.41) is 3.23. The Morgan fingerprint density at radius 1 is 1.20 bits per heavy atom. The van der Waals surface area contributed by atoms with Crippen molar-refractivity contribution in [1.82, 2.24) is 10.3 Å². The largest absolute Gasteiger partial charge is 0.453 e. The summed E-state index contributed by atoms with van der Waals surface area (Å²) >= 11 is 0. The van der Waals surface area contributed by atoms with Crippen molar-refractivity contribution >= 4 is 0 Å². The van der Waals surface area contributed by atoms with E-state index in [0.29, 0.717) is 12.3 Å². The number of hydrogen-bond donors (Lipinski definition) is 1. The zero-order chi connectivity index (χ0) is 14.4. The van der Waals surface area contributed by atoms with Crippen LogP contribution in [-0.4, -0.2) is 11.5 Å². The molecule has 0 radical (unpaired) electrons. The number of rotatable bonds is 6. The SMILES string of the molecule is CCCNCc1cncc(Oc2cc(F)ccc2F)c1. The van der Waals surface area contributed by atoms with Crippen molar-refractivity contribution in [3.8, 4) is 11.5 Å². The predicted molar refractivity (Wildman–Crippen MR) is 72.7 cm³/mol. The van der Waals surface area contributed by atoms with E-state index in [1.165, 1.54) is 6.20 Å². The molecule has 1 N–H and O–H groups in total. The van der Waals surface area contributed by atoms with Crippen LogP contribution in [0.5, 0.6) is 11.5 Å².